The zero-order valence-corrected chi connectivity index (χ0v) is 28.6. The van der Waals surface area contributed by atoms with Gasteiger partial charge in [0.1, 0.15) is 12.5 Å². The van der Waals surface area contributed by atoms with E-state index in [2.05, 4.69) is 63.4 Å². The first kappa shape index (κ1) is 37.9. The van der Waals surface area contributed by atoms with Gasteiger partial charge in [-0.3, -0.25) is 9.80 Å². The Morgan fingerprint density at radius 2 is 1.75 bits per heavy atom. The Balaban J connectivity index is 0.00000135. The van der Waals surface area contributed by atoms with E-state index in [9.17, 15) is 4.79 Å². The van der Waals surface area contributed by atoms with Gasteiger partial charge in [0, 0.05) is 42.3 Å². The number of benzene rings is 1. The van der Waals surface area contributed by atoms with E-state index in [1.165, 1.54) is 19.3 Å². The molecular formula is C33H56BrN3O3. The molecule has 1 aromatic heterocycles. The van der Waals surface area contributed by atoms with Gasteiger partial charge in [-0.05, 0) is 83.0 Å². The van der Waals surface area contributed by atoms with Crippen LogP contribution in [0.5, 0.6) is 5.75 Å². The SMILES string of the molecule is C=CC.C=CC.CC.CC.CCOC(=O)c1c(CN2CCCCC2C)n(CC)c2cc(Br)c3c(c12)CN(C)CO3. The van der Waals surface area contributed by atoms with Gasteiger partial charge in [-0.25, -0.2) is 4.79 Å². The van der Waals surface area contributed by atoms with E-state index in [4.69, 9.17) is 9.47 Å². The lowest BCUT2D eigenvalue weighted by atomic mass is 10.0. The van der Waals surface area contributed by atoms with Crippen molar-refractivity contribution in [3.8, 4) is 5.75 Å². The molecule has 2 aliphatic rings. The summed E-state index contributed by atoms with van der Waals surface area (Å²) in [6, 6.07) is 2.63. The number of rotatable bonds is 5. The first-order valence-corrected chi connectivity index (χ1v) is 15.8. The van der Waals surface area contributed by atoms with Crippen molar-refractivity contribution in [1.29, 1.82) is 0 Å². The second-order valence-electron chi connectivity index (χ2n) is 9.27. The summed E-state index contributed by atoms with van der Waals surface area (Å²) in [6.07, 6.45) is 7.20. The maximum absolute atomic E-state index is 13.3. The van der Waals surface area contributed by atoms with Crippen LogP contribution in [0.4, 0.5) is 0 Å². The van der Waals surface area contributed by atoms with Gasteiger partial charge in [-0.1, -0.05) is 46.3 Å². The van der Waals surface area contributed by atoms with Crippen LogP contribution in [0.3, 0.4) is 0 Å². The summed E-state index contributed by atoms with van der Waals surface area (Å²) in [7, 11) is 2.03. The minimum atomic E-state index is -0.230. The van der Waals surface area contributed by atoms with E-state index >= 15 is 0 Å². The predicted molar refractivity (Wildman–Crippen MR) is 176 cm³/mol. The number of halogens is 1. The lowest BCUT2D eigenvalue weighted by molar-refractivity contribution is 0.0523. The standard InChI is InChI=1S/C23H32BrN3O3.2C3H6.2C2H6/c1-5-27-18-11-17(24)22-16(12-25(4)14-30-22)20(18)21(23(28)29-6-2)19(27)13-26-10-8-7-9-15(26)3;2*1-3-2;2*1-2/h11,15H,5-10,12-14H2,1-4H3;2*3H,1H2,2H3;2*1-2H3. The maximum Gasteiger partial charge on any atom is 0.340 e. The fraction of sp³-hybridized carbons (Fsp3) is 0.606. The molecule has 0 aliphatic carbocycles. The number of esters is 1. The van der Waals surface area contributed by atoms with Gasteiger partial charge < -0.3 is 14.0 Å². The Morgan fingerprint density at radius 3 is 2.27 bits per heavy atom. The molecule has 0 N–H and O–H groups in total. The Labute approximate surface area is 253 Å². The van der Waals surface area contributed by atoms with Crippen molar-refractivity contribution in [3.05, 3.63) is 52.7 Å². The summed E-state index contributed by atoms with van der Waals surface area (Å²) in [5.41, 5.74) is 3.92. The normalized spacial score (nSPS) is 16.1. The van der Waals surface area contributed by atoms with E-state index in [0.717, 1.165) is 58.6 Å². The molecule has 0 spiro atoms. The van der Waals surface area contributed by atoms with E-state index in [-0.39, 0.29) is 5.97 Å². The van der Waals surface area contributed by atoms with Crippen molar-refractivity contribution in [1.82, 2.24) is 14.4 Å². The third kappa shape index (κ3) is 9.78. The molecule has 1 saturated heterocycles. The Hall–Kier alpha value is -2.09. The fourth-order valence-electron chi connectivity index (χ4n) is 4.92. The molecule has 0 radical (unpaired) electrons. The van der Waals surface area contributed by atoms with Crippen molar-refractivity contribution in [2.24, 2.45) is 0 Å². The molecule has 7 heteroatoms. The lowest BCUT2D eigenvalue weighted by Crippen LogP contribution is -2.37. The highest BCUT2D eigenvalue weighted by molar-refractivity contribution is 9.10. The second kappa shape index (κ2) is 20.7. The molecule has 1 aromatic carbocycles. The highest BCUT2D eigenvalue weighted by Crippen LogP contribution is 2.42. The smallest absolute Gasteiger partial charge is 0.340 e. The first-order valence-electron chi connectivity index (χ1n) is 15.0. The number of aromatic nitrogens is 1. The van der Waals surface area contributed by atoms with Gasteiger partial charge in [-0.15, -0.1) is 13.2 Å². The number of hydrogen-bond acceptors (Lipinski definition) is 5. The van der Waals surface area contributed by atoms with Crippen molar-refractivity contribution in [2.45, 2.75) is 107 Å². The molecule has 6 nitrogen and oxygen atoms in total. The first-order chi connectivity index (χ1) is 19.3. The zero-order valence-electron chi connectivity index (χ0n) is 27.0. The Morgan fingerprint density at radius 1 is 1.15 bits per heavy atom. The summed E-state index contributed by atoms with van der Waals surface area (Å²) in [4.78, 5) is 17.9. The van der Waals surface area contributed by atoms with Crippen LogP contribution in [0.15, 0.2) is 35.8 Å². The number of ether oxygens (including phenoxy) is 2. The number of hydrogen-bond donors (Lipinski definition) is 0. The molecule has 4 rings (SSSR count). The van der Waals surface area contributed by atoms with Gasteiger partial charge in [0.05, 0.1) is 22.2 Å². The van der Waals surface area contributed by atoms with Crippen molar-refractivity contribution in [2.75, 3.05) is 26.9 Å². The molecule has 3 heterocycles. The number of carbonyl (C=O) groups excluding carboxylic acids is 1. The third-order valence-corrected chi connectivity index (χ3v) is 7.00. The summed E-state index contributed by atoms with van der Waals surface area (Å²) in [5, 5.41) is 0.986. The second-order valence-corrected chi connectivity index (χ2v) is 10.1. The van der Waals surface area contributed by atoms with Crippen molar-refractivity contribution in [3.63, 3.8) is 0 Å². The molecule has 1 fully saturated rings. The Kier molecular flexibility index (Phi) is 19.7. The number of piperidine rings is 1. The average Bonchev–Trinajstić information content (AvgIpc) is 3.26. The molecule has 0 bridgehead atoms. The molecule has 0 amide bonds. The summed E-state index contributed by atoms with van der Waals surface area (Å²) in [6.45, 7) is 29.1. The predicted octanol–water partition coefficient (Wildman–Crippen LogP) is 9.19. The van der Waals surface area contributed by atoms with Crippen LogP contribution in [0.1, 0.15) is 103 Å². The quantitative estimate of drug-likeness (QED) is 0.246. The molecule has 2 aromatic rings. The van der Waals surface area contributed by atoms with Gasteiger partial charge in [0.15, 0.2) is 0 Å². The summed E-state index contributed by atoms with van der Waals surface area (Å²) < 4.78 is 14.8. The van der Waals surface area contributed by atoms with E-state index in [1.807, 2.05) is 55.5 Å². The number of likely N-dealkylation sites (tertiary alicyclic amines) is 1. The Bertz CT molecular complexity index is 1040. The van der Waals surface area contributed by atoms with Crippen LogP contribution in [0, 0.1) is 0 Å². The van der Waals surface area contributed by atoms with Crippen molar-refractivity contribution >= 4 is 32.8 Å². The topological polar surface area (TPSA) is 46.9 Å². The van der Waals surface area contributed by atoms with Gasteiger partial charge >= 0.3 is 5.97 Å². The lowest BCUT2D eigenvalue weighted by Gasteiger charge is -2.33. The molecule has 1 atom stereocenters. The van der Waals surface area contributed by atoms with Crippen LogP contribution in [0.2, 0.25) is 0 Å². The number of aryl methyl sites for hydroxylation is 1. The van der Waals surface area contributed by atoms with Crippen LogP contribution in [-0.4, -0.2) is 53.3 Å². The number of allylic oxidation sites excluding steroid dienone is 2. The van der Waals surface area contributed by atoms with Gasteiger partial charge in [0.25, 0.3) is 0 Å². The van der Waals surface area contributed by atoms with E-state index in [0.29, 0.717) is 24.9 Å². The van der Waals surface area contributed by atoms with Crippen LogP contribution >= 0.6 is 15.9 Å². The minimum Gasteiger partial charge on any atom is -0.477 e. The van der Waals surface area contributed by atoms with E-state index in [1.54, 1.807) is 12.2 Å². The molecule has 0 saturated carbocycles. The van der Waals surface area contributed by atoms with E-state index < -0.39 is 0 Å². The van der Waals surface area contributed by atoms with Crippen molar-refractivity contribution < 1.29 is 14.3 Å². The van der Waals surface area contributed by atoms with Crippen LogP contribution in [-0.2, 0) is 24.4 Å². The average molecular weight is 623 g/mol. The monoisotopic (exact) mass is 621 g/mol. The maximum atomic E-state index is 13.3. The molecule has 40 heavy (non-hydrogen) atoms. The number of fused-ring (bicyclic) bond motifs is 3. The third-order valence-electron chi connectivity index (χ3n) is 6.41. The zero-order chi connectivity index (χ0) is 30.8. The van der Waals surface area contributed by atoms with Gasteiger partial charge in [-0.2, -0.15) is 0 Å². The largest absolute Gasteiger partial charge is 0.477 e. The van der Waals surface area contributed by atoms with Crippen LogP contribution < -0.4 is 4.74 Å². The number of carbonyl (C=O) groups is 1. The number of nitrogens with zero attached hydrogens (tertiary/aromatic N) is 3. The summed E-state index contributed by atoms with van der Waals surface area (Å²) >= 11 is 3.71. The van der Waals surface area contributed by atoms with Crippen LogP contribution in [0.25, 0.3) is 10.9 Å². The molecular weight excluding hydrogens is 566 g/mol. The minimum absolute atomic E-state index is 0.230. The highest BCUT2D eigenvalue weighted by atomic mass is 79.9. The molecule has 228 valence electrons. The molecule has 1 unspecified atom stereocenters. The molecule has 2 aliphatic heterocycles. The van der Waals surface area contributed by atoms with Gasteiger partial charge in [0.2, 0.25) is 0 Å². The highest BCUT2D eigenvalue weighted by Gasteiger charge is 2.32. The fourth-order valence-corrected chi connectivity index (χ4v) is 5.49. The summed E-state index contributed by atoms with van der Waals surface area (Å²) in [5.74, 6) is 0.615.